The topological polar surface area (TPSA) is 26.3 Å². The highest BCUT2D eigenvalue weighted by Crippen LogP contribution is 2.46. The van der Waals surface area contributed by atoms with E-state index in [0.717, 1.165) is 15.5 Å². The van der Waals surface area contributed by atoms with Crippen LogP contribution in [0.15, 0.2) is 78.9 Å². The number of thiophene rings is 1. The van der Waals surface area contributed by atoms with E-state index in [0.29, 0.717) is 11.3 Å². The highest BCUT2D eigenvalue weighted by Gasteiger charge is 2.18. The van der Waals surface area contributed by atoms with E-state index in [9.17, 15) is 4.79 Å². The molecule has 0 N–H and O–H groups in total. The lowest BCUT2D eigenvalue weighted by molar-refractivity contribution is -0.129. The number of rotatable bonds is 2. The zero-order valence-electron chi connectivity index (χ0n) is 14.8. The summed E-state index contributed by atoms with van der Waals surface area (Å²) in [5.74, 6) is 0.205. The van der Waals surface area contributed by atoms with Crippen molar-refractivity contribution >= 4 is 59.0 Å². The van der Waals surface area contributed by atoms with Crippen LogP contribution in [0.3, 0.4) is 0 Å². The van der Waals surface area contributed by atoms with Crippen molar-refractivity contribution in [2.75, 3.05) is 0 Å². The zero-order chi connectivity index (χ0) is 18.5. The molecule has 0 saturated carbocycles. The van der Waals surface area contributed by atoms with Gasteiger partial charge in [0.05, 0.1) is 4.70 Å². The Morgan fingerprint density at radius 2 is 1.56 bits per heavy atom. The molecule has 5 aromatic rings. The smallest absolute Gasteiger partial charge is 0.338 e. The highest BCUT2D eigenvalue weighted by atomic mass is 32.1. The minimum Gasteiger partial charge on any atom is -0.422 e. The third kappa shape index (κ3) is 2.43. The minimum absolute atomic E-state index is 0.392. The average molecular weight is 368 g/mol. The molecule has 0 amide bonds. The van der Waals surface area contributed by atoms with Gasteiger partial charge in [-0.25, -0.2) is 4.79 Å². The number of fused-ring (bicyclic) bond motifs is 7. The second-order valence-corrected chi connectivity index (χ2v) is 7.78. The van der Waals surface area contributed by atoms with Crippen LogP contribution in [-0.4, -0.2) is 5.97 Å². The summed E-state index contributed by atoms with van der Waals surface area (Å²) >= 11 is 1.66. The van der Waals surface area contributed by atoms with Gasteiger partial charge in [0.15, 0.2) is 0 Å². The van der Waals surface area contributed by atoms with Crippen LogP contribution in [0.25, 0.3) is 41.7 Å². The molecule has 1 heterocycles. The van der Waals surface area contributed by atoms with Crippen molar-refractivity contribution in [2.24, 2.45) is 0 Å². The standard InChI is InChI=1S/C24H16O2S/c1-14(2)24(25)26-19-13-16-8-4-6-10-18(16)22-21-17-9-5-3-7-15(17)11-12-20(21)27-23(19)22/h3-13H,1H2,2H3. The van der Waals surface area contributed by atoms with Crippen LogP contribution in [0, 0.1) is 0 Å². The first-order valence-corrected chi connectivity index (χ1v) is 9.58. The van der Waals surface area contributed by atoms with Crippen LogP contribution >= 0.6 is 11.3 Å². The van der Waals surface area contributed by atoms with E-state index < -0.39 is 5.97 Å². The molecule has 0 fully saturated rings. The van der Waals surface area contributed by atoms with E-state index in [1.54, 1.807) is 18.3 Å². The first-order valence-electron chi connectivity index (χ1n) is 8.77. The fraction of sp³-hybridized carbons (Fsp3) is 0.0417. The first-order chi connectivity index (χ1) is 13.1. The molecule has 130 valence electrons. The van der Waals surface area contributed by atoms with Gasteiger partial charge in [0.1, 0.15) is 5.75 Å². The molecular weight excluding hydrogens is 352 g/mol. The molecule has 0 aliphatic rings. The van der Waals surface area contributed by atoms with Crippen LogP contribution < -0.4 is 4.74 Å². The van der Waals surface area contributed by atoms with Crippen molar-refractivity contribution in [3.05, 3.63) is 78.9 Å². The molecule has 27 heavy (non-hydrogen) atoms. The van der Waals surface area contributed by atoms with Crippen LogP contribution in [-0.2, 0) is 4.79 Å². The maximum absolute atomic E-state index is 12.2. The van der Waals surface area contributed by atoms with E-state index in [-0.39, 0.29) is 0 Å². The van der Waals surface area contributed by atoms with Crippen molar-refractivity contribution in [3.8, 4) is 5.75 Å². The molecular formula is C24H16O2S. The third-order valence-corrected chi connectivity index (χ3v) is 6.04. The maximum Gasteiger partial charge on any atom is 0.338 e. The third-order valence-electron chi connectivity index (χ3n) is 4.87. The Labute approximate surface area is 160 Å². The number of ether oxygens (including phenoxy) is 1. The van der Waals surface area contributed by atoms with E-state index in [2.05, 4.69) is 61.2 Å². The van der Waals surface area contributed by atoms with Crippen LogP contribution in [0.1, 0.15) is 6.92 Å². The lowest BCUT2D eigenvalue weighted by Crippen LogP contribution is -2.08. The van der Waals surface area contributed by atoms with Gasteiger partial charge < -0.3 is 4.74 Å². The largest absolute Gasteiger partial charge is 0.422 e. The van der Waals surface area contributed by atoms with E-state index >= 15 is 0 Å². The van der Waals surface area contributed by atoms with Crippen molar-refractivity contribution in [1.29, 1.82) is 0 Å². The Kier molecular flexibility index (Phi) is 3.52. The summed E-state index contributed by atoms with van der Waals surface area (Å²) in [4.78, 5) is 12.2. The molecule has 0 bridgehead atoms. The summed E-state index contributed by atoms with van der Waals surface area (Å²) in [7, 11) is 0. The molecule has 0 radical (unpaired) electrons. The van der Waals surface area contributed by atoms with Crippen molar-refractivity contribution in [1.82, 2.24) is 0 Å². The molecule has 5 rings (SSSR count). The average Bonchev–Trinajstić information content (AvgIpc) is 3.08. The van der Waals surface area contributed by atoms with Gasteiger partial charge in [-0.05, 0) is 40.6 Å². The molecule has 0 aliphatic heterocycles. The van der Waals surface area contributed by atoms with Gasteiger partial charge in [-0.1, -0.05) is 61.2 Å². The number of carbonyl (C=O) groups is 1. The normalized spacial score (nSPS) is 11.4. The van der Waals surface area contributed by atoms with E-state index in [4.69, 9.17) is 4.74 Å². The first kappa shape index (κ1) is 16.0. The van der Waals surface area contributed by atoms with Gasteiger partial charge in [-0.3, -0.25) is 0 Å². The van der Waals surface area contributed by atoms with Crippen LogP contribution in [0.5, 0.6) is 5.75 Å². The second kappa shape index (κ2) is 5.93. The van der Waals surface area contributed by atoms with Crippen molar-refractivity contribution in [2.45, 2.75) is 6.92 Å². The fourth-order valence-electron chi connectivity index (χ4n) is 3.62. The van der Waals surface area contributed by atoms with Crippen molar-refractivity contribution < 1.29 is 9.53 Å². The lowest BCUT2D eigenvalue weighted by atomic mass is 9.99. The molecule has 0 aliphatic carbocycles. The number of carbonyl (C=O) groups excluding carboxylic acids is 1. The predicted molar refractivity (Wildman–Crippen MR) is 115 cm³/mol. The van der Waals surface area contributed by atoms with Gasteiger partial charge in [0.2, 0.25) is 0 Å². The van der Waals surface area contributed by atoms with Crippen molar-refractivity contribution in [3.63, 3.8) is 0 Å². The Bertz CT molecular complexity index is 1390. The maximum atomic E-state index is 12.2. The fourth-order valence-corrected chi connectivity index (χ4v) is 4.80. The summed E-state index contributed by atoms with van der Waals surface area (Å²) in [6, 6.07) is 22.9. The number of benzene rings is 4. The summed E-state index contributed by atoms with van der Waals surface area (Å²) in [5, 5.41) is 7.02. The quantitative estimate of drug-likeness (QED) is 0.194. The second-order valence-electron chi connectivity index (χ2n) is 6.73. The van der Waals surface area contributed by atoms with Gasteiger partial charge in [0.25, 0.3) is 0 Å². The molecule has 4 aromatic carbocycles. The molecule has 0 saturated heterocycles. The Morgan fingerprint density at radius 1 is 0.889 bits per heavy atom. The molecule has 1 aromatic heterocycles. The summed E-state index contributed by atoms with van der Waals surface area (Å²) in [6.45, 7) is 5.37. The van der Waals surface area contributed by atoms with E-state index in [1.807, 2.05) is 12.1 Å². The Hall–Kier alpha value is -3.17. The van der Waals surface area contributed by atoms with E-state index in [1.165, 1.54) is 26.2 Å². The molecule has 3 heteroatoms. The Balaban J connectivity index is 1.99. The number of esters is 1. The number of hydrogen-bond acceptors (Lipinski definition) is 3. The van der Waals surface area contributed by atoms with Crippen LogP contribution in [0.4, 0.5) is 0 Å². The summed E-state index contributed by atoms with van der Waals surface area (Å²) in [6.07, 6.45) is 0. The summed E-state index contributed by atoms with van der Waals surface area (Å²) < 4.78 is 7.89. The zero-order valence-corrected chi connectivity index (χ0v) is 15.6. The minimum atomic E-state index is -0.395. The van der Waals surface area contributed by atoms with Gasteiger partial charge in [-0.15, -0.1) is 11.3 Å². The van der Waals surface area contributed by atoms with Crippen LogP contribution in [0.2, 0.25) is 0 Å². The lowest BCUT2D eigenvalue weighted by Gasteiger charge is -2.09. The van der Waals surface area contributed by atoms with Gasteiger partial charge in [0, 0.05) is 21.0 Å². The molecule has 0 atom stereocenters. The highest BCUT2D eigenvalue weighted by molar-refractivity contribution is 7.26. The molecule has 0 spiro atoms. The monoisotopic (exact) mass is 368 g/mol. The van der Waals surface area contributed by atoms with Gasteiger partial charge in [-0.2, -0.15) is 0 Å². The predicted octanol–water partition coefficient (Wildman–Crippen LogP) is 6.84. The molecule has 2 nitrogen and oxygen atoms in total. The van der Waals surface area contributed by atoms with Gasteiger partial charge >= 0.3 is 5.97 Å². The summed E-state index contributed by atoms with van der Waals surface area (Å²) in [5.41, 5.74) is 0.392. The Morgan fingerprint density at radius 3 is 2.30 bits per heavy atom. The molecule has 0 unspecified atom stereocenters. The SMILES string of the molecule is C=C(C)C(=O)Oc1cc2ccccc2c2c1sc1ccc3ccccc3c12. The number of hydrogen-bond donors (Lipinski definition) is 0.